The number of amidine groups is 1. The van der Waals surface area contributed by atoms with Crippen LogP contribution in [0.2, 0.25) is 5.02 Å². The van der Waals surface area contributed by atoms with E-state index in [1.807, 2.05) is 24.3 Å². The number of aromatic nitrogens is 1. The van der Waals surface area contributed by atoms with Crippen LogP contribution in [0.1, 0.15) is 15.4 Å². The van der Waals surface area contributed by atoms with Gasteiger partial charge in [0.05, 0.1) is 27.9 Å². The average molecular weight is 519 g/mol. The van der Waals surface area contributed by atoms with Gasteiger partial charge in [-0.1, -0.05) is 23.7 Å². The Balaban J connectivity index is 1.21. The summed E-state index contributed by atoms with van der Waals surface area (Å²) >= 11 is 7.24. The summed E-state index contributed by atoms with van der Waals surface area (Å²) in [6.07, 6.45) is 0. The second kappa shape index (κ2) is 9.80. The molecular weight excluding hydrogens is 500 g/mol. The number of carbonyl (C=O) groups is 2. The SMILES string of the molecule is N=C1C(c2nc3ccccc3s2)=C(O)CN1c1ccc(C(=O)OCC(=O)Nc2ccc(Cl)cc2)cc1. The van der Waals surface area contributed by atoms with Gasteiger partial charge in [-0.15, -0.1) is 11.3 Å². The predicted octanol–water partition coefficient (Wildman–Crippen LogP) is 5.51. The van der Waals surface area contributed by atoms with Gasteiger partial charge in [0.25, 0.3) is 5.91 Å². The topological polar surface area (TPSA) is 116 Å². The zero-order valence-corrected chi connectivity index (χ0v) is 20.3. The number of halogens is 1. The Bertz CT molecular complexity index is 1480. The maximum atomic E-state index is 12.4. The molecule has 0 unspecified atom stereocenters. The first-order chi connectivity index (χ1) is 17.4. The number of fused-ring (bicyclic) bond motifs is 1. The molecule has 5 rings (SSSR count). The Kier molecular flexibility index (Phi) is 6.41. The second-order valence-corrected chi connectivity index (χ2v) is 9.39. The molecule has 1 aliphatic heterocycles. The quantitative estimate of drug-likeness (QED) is 0.290. The van der Waals surface area contributed by atoms with Crippen molar-refractivity contribution < 1.29 is 19.4 Å². The normalized spacial score (nSPS) is 13.4. The maximum absolute atomic E-state index is 12.4. The molecule has 0 atom stereocenters. The molecule has 2 heterocycles. The molecular formula is C26H19ClN4O4S. The van der Waals surface area contributed by atoms with E-state index in [9.17, 15) is 14.7 Å². The number of hydrogen-bond donors (Lipinski definition) is 3. The van der Waals surface area contributed by atoms with Crippen LogP contribution in [0.3, 0.4) is 0 Å². The van der Waals surface area contributed by atoms with Crippen molar-refractivity contribution in [3.63, 3.8) is 0 Å². The molecule has 0 fully saturated rings. The van der Waals surface area contributed by atoms with E-state index in [1.165, 1.54) is 11.3 Å². The Hall–Kier alpha value is -4.21. The molecule has 0 bridgehead atoms. The molecule has 0 saturated heterocycles. The molecule has 36 heavy (non-hydrogen) atoms. The van der Waals surface area contributed by atoms with Crippen LogP contribution in [0, 0.1) is 5.41 Å². The number of aliphatic hydroxyl groups excluding tert-OH is 1. The minimum absolute atomic E-state index is 0.0641. The lowest BCUT2D eigenvalue weighted by atomic mass is 10.2. The molecule has 180 valence electrons. The van der Waals surface area contributed by atoms with Crippen molar-refractivity contribution in [3.05, 3.63) is 94.1 Å². The van der Waals surface area contributed by atoms with Gasteiger partial charge >= 0.3 is 5.97 Å². The number of aliphatic hydroxyl groups is 1. The molecule has 0 spiro atoms. The highest BCUT2D eigenvalue weighted by atomic mass is 35.5. The number of ether oxygens (including phenoxy) is 1. The molecule has 4 aromatic rings. The average Bonchev–Trinajstić information content (AvgIpc) is 3.43. The summed E-state index contributed by atoms with van der Waals surface area (Å²) in [5.41, 5.74) is 2.63. The molecule has 3 N–H and O–H groups in total. The zero-order chi connectivity index (χ0) is 25.2. The Labute approximate surface area is 214 Å². The van der Waals surface area contributed by atoms with E-state index in [0.29, 0.717) is 27.0 Å². The van der Waals surface area contributed by atoms with Gasteiger partial charge in [0, 0.05) is 16.4 Å². The summed E-state index contributed by atoms with van der Waals surface area (Å²) in [6.45, 7) is -0.317. The van der Waals surface area contributed by atoms with Gasteiger partial charge in [0.2, 0.25) is 0 Å². The number of hydrogen-bond acceptors (Lipinski definition) is 7. The molecule has 8 nitrogen and oxygen atoms in total. The predicted molar refractivity (Wildman–Crippen MR) is 141 cm³/mol. The summed E-state index contributed by atoms with van der Waals surface area (Å²) in [4.78, 5) is 30.6. The smallest absolute Gasteiger partial charge is 0.338 e. The number of para-hydroxylation sites is 1. The summed E-state index contributed by atoms with van der Waals surface area (Å²) in [5.74, 6) is -0.938. The molecule has 0 saturated carbocycles. The van der Waals surface area contributed by atoms with Gasteiger partial charge in [-0.05, 0) is 60.7 Å². The van der Waals surface area contributed by atoms with Gasteiger partial charge < -0.3 is 20.1 Å². The van der Waals surface area contributed by atoms with Crippen LogP contribution in [-0.2, 0) is 9.53 Å². The number of amides is 1. The monoisotopic (exact) mass is 518 g/mol. The number of nitrogens with zero attached hydrogens (tertiary/aromatic N) is 2. The Morgan fingerprint density at radius 1 is 1.08 bits per heavy atom. The number of nitrogens with one attached hydrogen (secondary N) is 2. The van der Waals surface area contributed by atoms with E-state index in [4.69, 9.17) is 21.7 Å². The first-order valence-electron chi connectivity index (χ1n) is 10.9. The van der Waals surface area contributed by atoms with Crippen LogP contribution in [-0.4, -0.2) is 41.0 Å². The van der Waals surface area contributed by atoms with Crippen LogP contribution in [0.5, 0.6) is 0 Å². The maximum Gasteiger partial charge on any atom is 0.338 e. The lowest BCUT2D eigenvalue weighted by molar-refractivity contribution is -0.119. The lowest BCUT2D eigenvalue weighted by Gasteiger charge is -2.18. The van der Waals surface area contributed by atoms with E-state index in [-0.39, 0.29) is 23.7 Å². The zero-order valence-electron chi connectivity index (χ0n) is 18.7. The van der Waals surface area contributed by atoms with Crippen molar-refractivity contribution in [1.82, 2.24) is 4.98 Å². The highest BCUT2D eigenvalue weighted by molar-refractivity contribution is 7.19. The number of benzene rings is 3. The van der Waals surface area contributed by atoms with E-state index >= 15 is 0 Å². The third kappa shape index (κ3) is 4.79. The van der Waals surface area contributed by atoms with Crippen LogP contribution >= 0.6 is 22.9 Å². The fourth-order valence-electron chi connectivity index (χ4n) is 3.73. The molecule has 0 aliphatic carbocycles. The van der Waals surface area contributed by atoms with Crippen molar-refractivity contribution in [2.75, 3.05) is 23.4 Å². The number of rotatable bonds is 6. The van der Waals surface area contributed by atoms with Gasteiger partial charge in [-0.2, -0.15) is 0 Å². The lowest BCUT2D eigenvalue weighted by Crippen LogP contribution is -2.26. The van der Waals surface area contributed by atoms with Crippen LogP contribution < -0.4 is 10.2 Å². The number of carbonyl (C=O) groups excluding carboxylic acids is 2. The molecule has 1 aromatic heterocycles. The van der Waals surface area contributed by atoms with Crippen LogP contribution in [0.25, 0.3) is 15.8 Å². The first-order valence-corrected chi connectivity index (χ1v) is 12.1. The Morgan fingerprint density at radius 3 is 2.53 bits per heavy atom. The van der Waals surface area contributed by atoms with E-state index in [0.717, 1.165) is 10.2 Å². The van der Waals surface area contributed by atoms with Gasteiger partial charge in [-0.25, -0.2) is 9.78 Å². The van der Waals surface area contributed by atoms with Crippen molar-refractivity contribution >= 4 is 67.8 Å². The van der Waals surface area contributed by atoms with Gasteiger partial charge in [0.15, 0.2) is 6.61 Å². The molecule has 0 radical (unpaired) electrons. The summed E-state index contributed by atoms with van der Waals surface area (Å²) in [7, 11) is 0. The fraction of sp³-hybridized carbons (Fsp3) is 0.0769. The molecule has 1 amide bonds. The summed E-state index contributed by atoms with van der Waals surface area (Å²) < 4.78 is 6.08. The Morgan fingerprint density at radius 2 is 1.81 bits per heavy atom. The van der Waals surface area contributed by atoms with Crippen molar-refractivity contribution in [1.29, 1.82) is 5.41 Å². The molecule has 1 aliphatic rings. The summed E-state index contributed by atoms with van der Waals surface area (Å²) in [5, 5.41) is 23.0. The molecule has 10 heteroatoms. The fourth-order valence-corrected chi connectivity index (χ4v) is 4.89. The van der Waals surface area contributed by atoms with Crippen LogP contribution in [0.4, 0.5) is 11.4 Å². The van der Waals surface area contributed by atoms with Crippen LogP contribution in [0.15, 0.2) is 78.6 Å². The van der Waals surface area contributed by atoms with E-state index in [1.54, 1.807) is 53.4 Å². The van der Waals surface area contributed by atoms with Crippen molar-refractivity contribution in [3.8, 4) is 0 Å². The number of thiazole rings is 1. The van der Waals surface area contributed by atoms with Crippen molar-refractivity contribution in [2.24, 2.45) is 0 Å². The minimum atomic E-state index is -0.652. The first kappa shape index (κ1) is 23.5. The second-order valence-electron chi connectivity index (χ2n) is 7.92. The minimum Gasteiger partial charge on any atom is -0.510 e. The van der Waals surface area contributed by atoms with Crippen molar-refractivity contribution in [2.45, 2.75) is 0 Å². The third-order valence-electron chi connectivity index (χ3n) is 5.49. The van der Waals surface area contributed by atoms with E-state index < -0.39 is 18.5 Å². The largest absolute Gasteiger partial charge is 0.510 e. The van der Waals surface area contributed by atoms with Gasteiger partial charge in [-0.3, -0.25) is 10.2 Å². The number of esters is 1. The molecule has 3 aromatic carbocycles. The highest BCUT2D eigenvalue weighted by Crippen LogP contribution is 2.35. The van der Waals surface area contributed by atoms with Gasteiger partial charge in [0.1, 0.15) is 16.6 Å². The number of anilines is 2. The standard InChI is InChI=1S/C26H19ClN4O4S/c27-16-7-9-17(10-8-16)29-22(33)14-35-26(34)15-5-11-18(12-6-15)31-13-20(32)23(24(31)28)25-30-19-3-1-2-4-21(19)36-25/h1-12,28,32H,13-14H2,(H,29,33). The van der Waals surface area contributed by atoms with E-state index in [2.05, 4.69) is 10.3 Å². The highest BCUT2D eigenvalue weighted by Gasteiger charge is 2.31. The third-order valence-corrected chi connectivity index (χ3v) is 6.79. The summed E-state index contributed by atoms with van der Waals surface area (Å²) in [6, 6.07) is 20.6.